The van der Waals surface area contributed by atoms with Crippen molar-refractivity contribution >= 4 is 17.2 Å². The second-order valence-corrected chi connectivity index (χ2v) is 7.26. The van der Waals surface area contributed by atoms with E-state index in [9.17, 15) is 9.18 Å². The number of amides is 1. The first-order chi connectivity index (χ1) is 11.7. The van der Waals surface area contributed by atoms with E-state index in [1.54, 1.807) is 17.0 Å². The smallest absolute Gasteiger partial charge is 0.260 e. The van der Waals surface area contributed by atoms with Crippen LogP contribution in [-0.2, 0) is 17.8 Å². The number of carbonyl (C=O) groups excluding carboxylic acids is 1. The zero-order chi connectivity index (χ0) is 16.5. The van der Waals surface area contributed by atoms with Gasteiger partial charge in [-0.3, -0.25) is 9.69 Å². The van der Waals surface area contributed by atoms with Gasteiger partial charge in [0.25, 0.3) is 5.91 Å². The Morgan fingerprint density at radius 3 is 2.96 bits per heavy atom. The van der Waals surface area contributed by atoms with Crippen LogP contribution in [0.4, 0.5) is 4.39 Å². The van der Waals surface area contributed by atoms with Crippen molar-refractivity contribution < 1.29 is 13.9 Å². The molecule has 6 heteroatoms. The molecule has 4 rings (SSSR count). The van der Waals surface area contributed by atoms with Crippen molar-refractivity contribution in [2.24, 2.45) is 0 Å². The average molecular weight is 346 g/mol. The summed E-state index contributed by atoms with van der Waals surface area (Å²) in [5.74, 6) is -0.390. The van der Waals surface area contributed by atoms with Gasteiger partial charge in [0.05, 0.1) is 0 Å². The summed E-state index contributed by atoms with van der Waals surface area (Å²) >= 11 is 1.84. The van der Waals surface area contributed by atoms with Crippen LogP contribution in [0, 0.1) is 5.82 Å². The summed E-state index contributed by atoms with van der Waals surface area (Å²) in [5.41, 5.74) is 1.43. The van der Waals surface area contributed by atoms with E-state index in [-0.39, 0.29) is 18.3 Å². The van der Waals surface area contributed by atoms with Gasteiger partial charge >= 0.3 is 0 Å². The summed E-state index contributed by atoms with van der Waals surface area (Å²) in [7, 11) is 0. The molecule has 0 aliphatic carbocycles. The van der Waals surface area contributed by atoms with Gasteiger partial charge in [-0.15, -0.1) is 11.3 Å². The van der Waals surface area contributed by atoms with E-state index in [0.29, 0.717) is 6.04 Å². The van der Waals surface area contributed by atoms with Gasteiger partial charge in [-0.05, 0) is 35.6 Å². The molecule has 0 radical (unpaired) electrons. The molecule has 2 aromatic rings. The lowest BCUT2D eigenvalue weighted by Gasteiger charge is -2.46. The molecule has 0 unspecified atom stereocenters. The van der Waals surface area contributed by atoms with Crippen LogP contribution < -0.4 is 4.74 Å². The van der Waals surface area contributed by atoms with Gasteiger partial charge in [-0.2, -0.15) is 0 Å². The van der Waals surface area contributed by atoms with Crippen LogP contribution in [0.5, 0.6) is 5.75 Å². The largest absolute Gasteiger partial charge is 0.481 e. The Morgan fingerprint density at radius 2 is 2.12 bits per heavy atom. The molecule has 3 heterocycles. The molecule has 0 spiro atoms. The van der Waals surface area contributed by atoms with Crippen molar-refractivity contribution in [2.45, 2.75) is 19.0 Å². The Balaban J connectivity index is 1.25. The summed E-state index contributed by atoms with van der Waals surface area (Å²) in [6.45, 7) is 3.41. The molecule has 2 aliphatic heterocycles. The molecule has 1 aromatic heterocycles. The number of hydrogen-bond donors (Lipinski definition) is 0. The van der Waals surface area contributed by atoms with E-state index >= 15 is 0 Å². The van der Waals surface area contributed by atoms with Crippen molar-refractivity contribution in [3.05, 3.63) is 52.0 Å². The third-order valence-electron chi connectivity index (χ3n) is 4.76. The average Bonchev–Trinajstić information content (AvgIpc) is 3.00. The van der Waals surface area contributed by atoms with Crippen LogP contribution in [0.25, 0.3) is 0 Å². The van der Waals surface area contributed by atoms with E-state index in [2.05, 4.69) is 16.3 Å². The van der Waals surface area contributed by atoms with Gasteiger partial charge in [-0.1, -0.05) is 12.1 Å². The third kappa shape index (κ3) is 3.03. The number of halogens is 1. The zero-order valence-corrected chi connectivity index (χ0v) is 14.1. The van der Waals surface area contributed by atoms with Crippen LogP contribution in [-0.4, -0.2) is 48.0 Å². The number of thiophene rings is 1. The Hall–Kier alpha value is -1.92. The Bertz CT molecular complexity index is 742. The maximum Gasteiger partial charge on any atom is 0.260 e. The number of fused-ring (bicyclic) bond motifs is 1. The highest BCUT2D eigenvalue weighted by molar-refractivity contribution is 7.10. The number of nitrogens with zero attached hydrogens (tertiary/aromatic N) is 2. The third-order valence-corrected chi connectivity index (χ3v) is 5.78. The minimum absolute atomic E-state index is 0.0808. The number of rotatable bonds is 4. The van der Waals surface area contributed by atoms with Gasteiger partial charge in [0.2, 0.25) is 0 Å². The molecule has 0 atom stereocenters. The van der Waals surface area contributed by atoms with Crippen LogP contribution in [0.3, 0.4) is 0 Å². The lowest BCUT2D eigenvalue weighted by molar-refractivity contribution is -0.141. The maximum atomic E-state index is 13.5. The topological polar surface area (TPSA) is 32.8 Å². The highest BCUT2D eigenvalue weighted by Gasteiger charge is 2.36. The standard InChI is InChI=1S/C18H19FN2O2S/c19-15-3-1-2-4-16(15)23-12-18(22)21-10-14(11-21)20-7-5-17-13(9-20)6-8-24-17/h1-4,6,8,14H,5,7,9-12H2. The SMILES string of the molecule is O=C(COc1ccccc1F)N1CC(N2CCc3sccc3C2)C1. The molecule has 0 N–H and O–H groups in total. The van der Waals surface area contributed by atoms with Crippen molar-refractivity contribution in [1.29, 1.82) is 0 Å². The molecule has 1 fully saturated rings. The van der Waals surface area contributed by atoms with Crippen LogP contribution >= 0.6 is 11.3 Å². The fourth-order valence-electron chi connectivity index (χ4n) is 3.26. The van der Waals surface area contributed by atoms with Gasteiger partial charge in [0, 0.05) is 37.1 Å². The molecular formula is C18H19FN2O2S. The first kappa shape index (κ1) is 15.6. The van der Waals surface area contributed by atoms with Crippen molar-refractivity contribution in [2.75, 3.05) is 26.2 Å². The minimum Gasteiger partial charge on any atom is -0.481 e. The molecular weight excluding hydrogens is 327 g/mol. The number of ether oxygens (including phenoxy) is 1. The number of benzene rings is 1. The molecule has 4 nitrogen and oxygen atoms in total. The van der Waals surface area contributed by atoms with E-state index < -0.39 is 5.82 Å². The number of hydrogen-bond acceptors (Lipinski definition) is 4. The monoisotopic (exact) mass is 346 g/mol. The number of likely N-dealkylation sites (tertiary alicyclic amines) is 1. The van der Waals surface area contributed by atoms with Crippen molar-refractivity contribution in [1.82, 2.24) is 9.80 Å². The normalized spacial score (nSPS) is 18.1. The molecule has 1 saturated heterocycles. The highest BCUT2D eigenvalue weighted by Crippen LogP contribution is 2.27. The minimum atomic E-state index is -0.438. The Morgan fingerprint density at radius 1 is 1.29 bits per heavy atom. The van der Waals surface area contributed by atoms with Gasteiger partial charge in [0.1, 0.15) is 0 Å². The lowest BCUT2D eigenvalue weighted by Crippen LogP contribution is -2.62. The van der Waals surface area contributed by atoms with E-state index in [1.807, 2.05) is 11.3 Å². The number of para-hydroxylation sites is 1. The van der Waals surface area contributed by atoms with Gasteiger partial charge in [-0.25, -0.2) is 4.39 Å². The summed E-state index contributed by atoms with van der Waals surface area (Å²) in [4.78, 5) is 17.9. The summed E-state index contributed by atoms with van der Waals surface area (Å²) < 4.78 is 18.8. The van der Waals surface area contributed by atoms with E-state index in [0.717, 1.165) is 32.6 Å². The summed E-state index contributed by atoms with van der Waals surface area (Å²) in [6.07, 6.45) is 1.11. The molecule has 1 aromatic carbocycles. The molecule has 2 aliphatic rings. The predicted octanol–water partition coefficient (Wildman–Crippen LogP) is 2.54. The number of carbonyl (C=O) groups is 1. The molecule has 126 valence electrons. The quantitative estimate of drug-likeness (QED) is 0.853. The Labute approximate surface area is 144 Å². The van der Waals surface area contributed by atoms with Crippen molar-refractivity contribution in [3.63, 3.8) is 0 Å². The van der Waals surface area contributed by atoms with Crippen molar-refractivity contribution in [3.8, 4) is 5.75 Å². The molecule has 1 amide bonds. The van der Waals surface area contributed by atoms with Crippen LogP contribution in [0.2, 0.25) is 0 Å². The zero-order valence-electron chi connectivity index (χ0n) is 13.3. The van der Waals surface area contributed by atoms with Crippen LogP contribution in [0.1, 0.15) is 10.4 Å². The second kappa shape index (κ2) is 6.53. The molecule has 0 bridgehead atoms. The first-order valence-electron chi connectivity index (χ1n) is 8.15. The fraction of sp³-hybridized carbons (Fsp3) is 0.389. The van der Waals surface area contributed by atoms with Gasteiger partial charge < -0.3 is 9.64 Å². The van der Waals surface area contributed by atoms with Gasteiger partial charge in [0.15, 0.2) is 18.2 Å². The highest BCUT2D eigenvalue weighted by atomic mass is 32.1. The van der Waals surface area contributed by atoms with E-state index in [4.69, 9.17) is 4.74 Å². The second-order valence-electron chi connectivity index (χ2n) is 6.26. The first-order valence-corrected chi connectivity index (χ1v) is 9.03. The van der Waals surface area contributed by atoms with E-state index in [1.165, 1.54) is 22.6 Å². The summed E-state index contributed by atoms with van der Waals surface area (Å²) in [6, 6.07) is 8.78. The fourth-order valence-corrected chi connectivity index (χ4v) is 4.15. The lowest BCUT2D eigenvalue weighted by atomic mass is 10.0. The van der Waals surface area contributed by atoms with Crippen LogP contribution in [0.15, 0.2) is 35.7 Å². The molecule has 0 saturated carbocycles. The predicted molar refractivity (Wildman–Crippen MR) is 90.7 cm³/mol. The Kier molecular flexibility index (Phi) is 4.24. The molecule has 24 heavy (non-hydrogen) atoms. The summed E-state index contributed by atoms with van der Waals surface area (Å²) in [5, 5.41) is 2.16. The maximum absolute atomic E-state index is 13.5.